The van der Waals surface area contributed by atoms with Crippen molar-refractivity contribution in [3.8, 4) is 11.1 Å². The Morgan fingerprint density at radius 3 is 1.94 bits per heavy atom. The third kappa shape index (κ3) is 8.79. The summed E-state index contributed by atoms with van der Waals surface area (Å²) < 4.78 is 23.0. The van der Waals surface area contributed by atoms with Gasteiger partial charge in [0.2, 0.25) is 0 Å². The second-order valence-corrected chi connectivity index (χ2v) is 9.19. The molecule has 0 aliphatic rings. The second kappa shape index (κ2) is 15.1. The first-order valence-electron chi connectivity index (χ1n) is 11.1. The molecule has 0 aromatic heterocycles. The summed E-state index contributed by atoms with van der Waals surface area (Å²) in [7, 11) is -3.35. The fourth-order valence-electron chi connectivity index (χ4n) is 3.25. The molecule has 0 heterocycles. The molecule has 0 amide bonds. The van der Waals surface area contributed by atoms with E-state index < -0.39 is 15.2 Å². The molecule has 0 fully saturated rings. The summed E-state index contributed by atoms with van der Waals surface area (Å²) in [6.45, 7) is 10.4. The Balaban J connectivity index is 0.000000799. The van der Waals surface area contributed by atoms with Crippen LogP contribution in [0.25, 0.3) is 11.1 Å². The first-order valence-corrected chi connectivity index (χ1v) is 12.7. The predicted molar refractivity (Wildman–Crippen MR) is 130 cm³/mol. The van der Waals surface area contributed by atoms with Crippen molar-refractivity contribution < 1.29 is 39.6 Å². The molecular weight excluding hydrogens is 476 g/mol. The fourth-order valence-corrected chi connectivity index (χ4v) is 5.31. The summed E-state index contributed by atoms with van der Waals surface area (Å²) in [6.07, 6.45) is -0.732. The molecule has 0 bridgehead atoms. The van der Waals surface area contributed by atoms with E-state index in [-0.39, 0.29) is 22.9 Å². The molecule has 0 saturated heterocycles. The summed E-state index contributed by atoms with van der Waals surface area (Å²) in [6, 6.07) is 23.9. The van der Waals surface area contributed by atoms with Crippen LogP contribution in [-0.4, -0.2) is 40.8 Å². The zero-order chi connectivity index (χ0) is 23.4. The third-order valence-corrected chi connectivity index (χ3v) is 7.27. The van der Waals surface area contributed by atoms with Crippen LogP contribution < -0.4 is 0 Å². The molecule has 0 radical (unpaired) electrons. The first-order chi connectivity index (χ1) is 15.5. The number of benzene rings is 1. The van der Waals surface area contributed by atoms with Crippen molar-refractivity contribution in [2.45, 2.75) is 40.7 Å². The van der Waals surface area contributed by atoms with E-state index in [9.17, 15) is 4.79 Å². The molecule has 3 aromatic rings. The molecule has 7 heteroatoms. The number of hydrogen-bond donors (Lipinski definition) is 0. The summed E-state index contributed by atoms with van der Waals surface area (Å²) in [4.78, 5) is 13.0. The van der Waals surface area contributed by atoms with Crippen LogP contribution in [0.5, 0.6) is 0 Å². The van der Waals surface area contributed by atoms with E-state index in [4.69, 9.17) is 17.7 Å². The van der Waals surface area contributed by atoms with Gasteiger partial charge in [-0.15, -0.1) is 29.8 Å². The molecule has 0 aliphatic heterocycles. The standard InChI is InChI=1S/C21H29O5Si.C5H5.Fe/c1-6-23-27(24-7-2,25-8-3)26-17(5)21(22)20-14-13-19(15-16(20)4)18-11-9-10-12-18;1-2-4-5-3-1;/h9-15,17H,6-8H2,1-5H3;1-5H;/q2*-1;+2. The number of Topliss-reactive ketones (excluding diaryl/α,β-unsaturated/α-hetero) is 1. The molecule has 1 unspecified atom stereocenters. The number of ketones is 1. The Morgan fingerprint density at radius 2 is 1.52 bits per heavy atom. The van der Waals surface area contributed by atoms with Crippen LogP contribution in [0.2, 0.25) is 0 Å². The average Bonchev–Trinajstić information content (AvgIpc) is 3.50. The molecule has 0 aliphatic carbocycles. The number of carbonyl (C=O) groups excluding carboxylic acids is 1. The van der Waals surface area contributed by atoms with Crippen LogP contribution in [0.4, 0.5) is 0 Å². The molecule has 3 aromatic carbocycles. The zero-order valence-corrected chi connectivity index (χ0v) is 22.1. The van der Waals surface area contributed by atoms with Gasteiger partial charge in [-0.1, -0.05) is 17.2 Å². The number of carbonyl (C=O) groups is 1. The third-order valence-electron chi connectivity index (χ3n) is 4.70. The van der Waals surface area contributed by atoms with Crippen LogP contribution in [0.15, 0.2) is 72.8 Å². The topological polar surface area (TPSA) is 54.0 Å². The normalized spacial score (nSPS) is 11.8. The largest absolute Gasteiger partial charge is 2.00 e. The maximum Gasteiger partial charge on any atom is 2.00 e. The van der Waals surface area contributed by atoms with Gasteiger partial charge in [0.1, 0.15) is 6.10 Å². The maximum atomic E-state index is 13.0. The Kier molecular flexibility index (Phi) is 13.4. The van der Waals surface area contributed by atoms with E-state index in [2.05, 4.69) is 0 Å². The molecule has 180 valence electrons. The Bertz CT molecular complexity index is 875. The van der Waals surface area contributed by atoms with Crippen LogP contribution in [0.1, 0.15) is 43.6 Å². The van der Waals surface area contributed by atoms with Crippen molar-refractivity contribution in [2.24, 2.45) is 0 Å². The van der Waals surface area contributed by atoms with E-state index >= 15 is 0 Å². The van der Waals surface area contributed by atoms with Gasteiger partial charge in [-0.25, -0.2) is 12.1 Å². The summed E-state index contributed by atoms with van der Waals surface area (Å²) in [5.74, 6) is -0.113. The molecule has 0 saturated carbocycles. The number of hydrogen-bond acceptors (Lipinski definition) is 5. The molecule has 3 rings (SSSR count). The van der Waals surface area contributed by atoms with Crippen molar-refractivity contribution in [1.29, 1.82) is 0 Å². The zero-order valence-electron chi connectivity index (χ0n) is 20.0. The van der Waals surface area contributed by atoms with Gasteiger partial charge in [0.15, 0.2) is 5.78 Å². The van der Waals surface area contributed by atoms with Gasteiger partial charge in [-0.2, -0.15) is 30.3 Å². The van der Waals surface area contributed by atoms with Gasteiger partial charge in [0.25, 0.3) is 0 Å². The second-order valence-electron chi connectivity index (χ2n) is 7.09. The van der Waals surface area contributed by atoms with Crippen molar-refractivity contribution in [1.82, 2.24) is 0 Å². The minimum atomic E-state index is -3.35. The van der Waals surface area contributed by atoms with Crippen LogP contribution >= 0.6 is 0 Å². The number of rotatable bonds is 11. The van der Waals surface area contributed by atoms with Crippen molar-refractivity contribution in [2.75, 3.05) is 19.8 Å². The SMILES string of the molecule is CCO[Si](OCC)(OCC)OC(C)C(=O)c1ccc(-[c-]2cccc2)cc1C.[Fe+2].c1cc[cH-]c1. The van der Waals surface area contributed by atoms with Gasteiger partial charge in [0, 0.05) is 25.4 Å². The molecule has 33 heavy (non-hydrogen) atoms. The van der Waals surface area contributed by atoms with Gasteiger partial charge >= 0.3 is 26.1 Å². The van der Waals surface area contributed by atoms with Crippen LogP contribution in [0.3, 0.4) is 0 Å². The molecule has 0 N–H and O–H groups in total. The monoisotopic (exact) mass is 510 g/mol. The minimum Gasteiger partial charge on any atom is -0.351 e. The minimum absolute atomic E-state index is 0. The first kappa shape index (κ1) is 29.2. The van der Waals surface area contributed by atoms with Crippen molar-refractivity contribution in [3.63, 3.8) is 0 Å². The summed E-state index contributed by atoms with van der Waals surface area (Å²) in [5, 5.41) is 0. The van der Waals surface area contributed by atoms with Gasteiger partial charge < -0.3 is 17.7 Å². The van der Waals surface area contributed by atoms with E-state index in [1.165, 1.54) is 0 Å². The summed E-state index contributed by atoms with van der Waals surface area (Å²) in [5.41, 5.74) is 3.76. The number of aryl methyl sites for hydroxylation is 1. The van der Waals surface area contributed by atoms with E-state index in [0.29, 0.717) is 25.4 Å². The maximum absolute atomic E-state index is 13.0. The van der Waals surface area contributed by atoms with E-state index in [1.807, 2.05) is 100 Å². The quantitative estimate of drug-likeness (QED) is 0.182. The molecule has 0 spiro atoms. The van der Waals surface area contributed by atoms with Crippen molar-refractivity contribution in [3.05, 3.63) is 83.9 Å². The smallest absolute Gasteiger partial charge is 0.351 e. The van der Waals surface area contributed by atoms with E-state index in [1.54, 1.807) is 6.92 Å². The van der Waals surface area contributed by atoms with Gasteiger partial charge in [-0.3, -0.25) is 4.79 Å². The Labute approximate surface area is 209 Å². The van der Waals surface area contributed by atoms with Crippen LogP contribution in [-0.2, 0) is 34.8 Å². The average molecular weight is 510 g/mol. The fraction of sp³-hybridized carbons (Fsp3) is 0.346. The van der Waals surface area contributed by atoms with Gasteiger partial charge in [0.05, 0.1) is 0 Å². The predicted octanol–water partition coefficient (Wildman–Crippen LogP) is 5.92. The van der Waals surface area contributed by atoms with Crippen molar-refractivity contribution >= 4 is 14.8 Å². The Morgan fingerprint density at radius 1 is 0.970 bits per heavy atom. The van der Waals surface area contributed by atoms with E-state index in [0.717, 1.165) is 16.7 Å². The molecule has 1 atom stereocenters. The molecule has 5 nitrogen and oxygen atoms in total. The van der Waals surface area contributed by atoms with Crippen LogP contribution in [0, 0.1) is 6.92 Å². The van der Waals surface area contributed by atoms with Gasteiger partial charge in [-0.05, 0) is 34.6 Å². The molecular formula is C26H34FeO5Si. The summed E-state index contributed by atoms with van der Waals surface area (Å²) >= 11 is 0. The Hall–Kier alpha value is -1.83.